The van der Waals surface area contributed by atoms with Crippen LogP contribution >= 0.6 is 23.2 Å². The number of ether oxygens (including phenoxy) is 2. The van der Waals surface area contributed by atoms with E-state index in [0.29, 0.717) is 10.4 Å². The van der Waals surface area contributed by atoms with Crippen LogP contribution in [-0.2, 0) is 4.79 Å². The van der Waals surface area contributed by atoms with Crippen LogP contribution in [0.15, 0.2) is 51.7 Å². The molecular weight excluding hydrogens is 445 g/mol. The number of rotatable bonds is 7. The Balaban J connectivity index is 1.70. The van der Waals surface area contributed by atoms with Gasteiger partial charge in [0.25, 0.3) is 5.91 Å². The monoisotopic (exact) mass is 463 g/mol. The van der Waals surface area contributed by atoms with Crippen LogP contribution in [0, 0.1) is 0 Å². The molecule has 1 amide bonds. The van der Waals surface area contributed by atoms with Crippen molar-refractivity contribution in [3.8, 4) is 11.5 Å². The Morgan fingerprint density at radius 1 is 1.13 bits per heavy atom. The van der Waals surface area contributed by atoms with Crippen LogP contribution in [0.25, 0.3) is 11.0 Å². The number of carbonyl (C=O) groups is 2. The molecule has 0 radical (unpaired) electrons. The highest BCUT2D eigenvalue weighted by Crippen LogP contribution is 2.27. The summed E-state index contributed by atoms with van der Waals surface area (Å²) >= 11 is 11.8. The molecule has 1 atom stereocenters. The van der Waals surface area contributed by atoms with Crippen molar-refractivity contribution >= 4 is 46.0 Å². The van der Waals surface area contributed by atoms with Gasteiger partial charge < -0.3 is 19.2 Å². The molecule has 9 heteroatoms. The molecule has 0 bridgehead atoms. The van der Waals surface area contributed by atoms with Gasteiger partial charge in [-0.1, -0.05) is 30.1 Å². The maximum Gasteiger partial charge on any atom is 0.349 e. The summed E-state index contributed by atoms with van der Waals surface area (Å²) in [6, 6.07) is 10.5. The van der Waals surface area contributed by atoms with Gasteiger partial charge in [-0.3, -0.25) is 4.79 Å². The summed E-state index contributed by atoms with van der Waals surface area (Å²) in [4.78, 5) is 36.5. The smallest absolute Gasteiger partial charge is 0.349 e. The molecule has 162 valence electrons. The van der Waals surface area contributed by atoms with Crippen LogP contribution < -0.4 is 20.4 Å². The first-order valence-corrected chi connectivity index (χ1v) is 10.2. The van der Waals surface area contributed by atoms with Crippen LogP contribution in [-0.4, -0.2) is 24.5 Å². The largest absolute Gasteiger partial charge is 0.480 e. The number of amides is 1. The van der Waals surface area contributed by atoms with Crippen molar-refractivity contribution in [2.24, 2.45) is 0 Å². The second-order valence-electron chi connectivity index (χ2n) is 6.77. The van der Waals surface area contributed by atoms with Gasteiger partial charge in [0.15, 0.2) is 6.61 Å². The van der Waals surface area contributed by atoms with Crippen LogP contribution in [0.2, 0.25) is 10.0 Å². The summed E-state index contributed by atoms with van der Waals surface area (Å²) in [5, 5.41) is 3.94. The minimum atomic E-state index is -0.780. The summed E-state index contributed by atoms with van der Waals surface area (Å²) in [5.74, 6) is -0.741. The van der Waals surface area contributed by atoms with E-state index in [1.54, 1.807) is 12.1 Å². The second kappa shape index (κ2) is 9.85. The summed E-state index contributed by atoms with van der Waals surface area (Å²) in [7, 11) is 0. The molecule has 1 heterocycles. The molecule has 0 fully saturated rings. The zero-order valence-corrected chi connectivity index (χ0v) is 18.3. The first-order valence-electron chi connectivity index (χ1n) is 9.44. The second-order valence-corrected chi connectivity index (χ2v) is 7.61. The first kappa shape index (κ1) is 22.7. The number of hydrogen-bond donors (Lipinski definition) is 1. The maximum atomic E-state index is 12.3. The van der Waals surface area contributed by atoms with E-state index in [9.17, 15) is 14.4 Å². The van der Waals surface area contributed by atoms with E-state index in [-0.39, 0.29) is 33.7 Å². The van der Waals surface area contributed by atoms with Gasteiger partial charge >= 0.3 is 11.6 Å². The molecular formula is C22H19Cl2NO6. The normalized spacial score (nSPS) is 11.7. The molecule has 2 aromatic carbocycles. The lowest BCUT2D eigenvalue weighted by atomic mass is 10.1. The topological polar surface area (TPSA) is 94.8 Å². The average Bonchev–Trinajstić information content (AvgIpc) is 2.72. The molecule has 0 saturated carbocycles. The van der Waals surface area contributed by atoms with Gasteiger partial charge in [-0.05, 0) is 49.7 Å². The molecule has 0 saturated heterocycles. The molecule has 0 aliphatic carbocycles. The Labute approximate surface area is 187 Å². The van der Waals surface area contributed by atoms with Crippen LogP contribution in [0.1, 0.15) is 30.6 Å². The quantitative estimate of drug-likeness (QED) is 0.312. The molecule has 1 N–H and O–H groups in total. The molecule has 1 unspecified atom stereocenters. The van der Waals surface area contributed by atoms with Crippen LogP contribution in [0.4, 0.5) is 0 Å². The van der Waals surface area contributed by atoms with Gasteiger partial charge in [-0.15, -0.1) is 0 Å². The highest BCUT2D eigenvalue weighted by molar-refractivity contribution is 6.35. The van der Waals surface area contributed by atoms with E-state index in [2.05, 4.69) is 5.32 Å². The van der Waals surface area contributed by atoms with Crippen molar-refractivity contribution < 1.29 is 23.5 Å². The number of benzene rings is 2. The summed E-state index contributed by atoms with van der Waals surface area (Å²) in [6.07, 6.45) is 0.729. The third-order valence-electron chi connectivity index (χ3n) is 4.41. The number of halogens is 2. The van der Waals surface area contributed by atoms with E-state index >= 15 is 0 Å². The van der Waals surface area contributed by atoms with Crippen LogP contribution in [0.3, 0.4) is 0 Å². The van der Waals surface area contributed by atoms with Gasteiger partial charge in [0.1, 0.15) is 22.6 Å². The van der Waals surface area contributed by atoms with Crippen LogP contribution in [0.5, 0.6) is 11.5 Å². The highest BCUT2D eigenvalue weighted by Gasteiger charge is 2.16. The third kappa shape index (κ3) is 5.77. The standard InChI is InChI=1S/C22H19Cl2NO6/c1-3-12(2)25-21(27)16-8-13-4-6-15(10-19(13)31-22(16)28)30-20(26)11-29-18-7-5-14(23)9-17(18)24/h4-10,12H,3,11H2,1-2H3,(H,25,27). The SMILES string of the molecule is CCC(C)NC(=O)c1cc2ccc(OC(=O)COc3ccc(Cl)cc3Cl)cc2oc1=O. The van der Waals surface area contributed by atoms with Crippen molar-refractivity contribution in [2.75, 3.05) is 6.61 Å². The van der Waals surface area contributed by atoms with E-state index in [0.717, 1.165) is 6.42 Å². The van der Waals surface area contributed by atoms with Gasteiger partial charge in [0, 0.05) is 22.5 Å². The minimum absolute atomic E-state index is 0.0747. The van der Waals surface area contributed by atoms with E-state index in [1.807, 2.05) is 13.8 Å². The first-order chi connectivity index (χ1) is 14.8. The zero-order valence-electron chi connectivity index (χ0n) is 16.7. The van der Waals surface area contributed by atoms with Crippen molar-refractivity contribution in [1.29, 1.82) is 0 Å². The Morgan fingerprint density at radius 3 is 2.61 bits per heavy atom. The van der Waals surface area contributed by atoms with E-state index in [1.165, 1.54) is 30.3 Å². The summed E-state index contributed by atoms with van der Waals surface area (Å²) in [5.41, 5.74) is -0.694. The lowest BCUT2D eigenvalue weighted by Crippen LogP contribution is -2.34. The molecule has 0 aliphatic heterocycles. The molecule has 0 aliphatic rings. The van der Waals surface area contributed by atoms with Gasteiger partial charge in [0.05, 0.1) is 5.02 Å². The molecule has 0 spiro atoms. The number of esters is 1. The predicted octanol–water partition coefficient (Wildman–Crippen LogP) is 4.61. The number of nitrogens with one attached hydrogen (secondary N) is 1. The molecule has 3 rings (SSSR count). The molecule has 31 heavy (non-hydrogen) atoms. The van der Waals surface area contributed by atoms with Crippen molar-refractivity contribution in [3.63, 3.8) is 0 Å². The van der Waals surface area contributed by atoms with Gasteiger partial charge in [-0.2, -0.15) is 0 Å². The Bertz CT molecular complexity index is 1190. The fourth-order valence-electron chi connectivity index (χ4n) is 2.61. The van der Waals surface area contributed by atoms with Crippen molar-refractivity contribution in [1.82, 2.24) is 5.32 Å². The average molecular weight is 464 g/mol. The molecule has 3 aromatic rings. The lowest BCUT2D eigenvalue weighted by Gasteiger charge is -2.11. The van der Waals surface area contributed by atoms with Crippen molar-refractivity contribution in [2.45, 2.75) is 26.3 Å². The van der Waals surface area contributed by atoms with Gasteiger partial charge in [0.2, 0.25) is 0 Å². The zero-order chi connectivity index (χ0) is 22.5. The predicted molar refractivity (Wildman–Crippen MR) is 117 cm³/mol. The third-order valence-corrected chi connectivity index (χ3v) is 4.94. The van der Waals surface area contributed by atoms with Crippen molar-refractivity contribution in [3.05, 3.63) is 68.5 Å². The number of carbonyl (C=O) groups excluding carboxylic acids is 2. The Hall–Kier alpha value is -3.03. The Kier molecular flexibility index (Phi) is 7.20. The number of hydrogen-bond acceptors (Lipinski definition) is 6. The van der Waals surface area contributed by atoms with E-state index < -0.39 is 24.1 Å². The fraction of sp³-hybridized carbons (Fsp3) is 0.227. The lowest BCUT2D eigenvalue weighted by molar-refractivity contribution is -0.136. The molecule has 7 nitrogen and oxygen atoms in total. The minimum Gasteiger partial charge on any atom is -0.480 e. The van der Waals surface area contributed by atoms with Gasteiger partial charge in [-0.25, -0.2) is 9.59 Å². The summed E-state index contributed by atoms with van der Waals surface area (Å²) in [6.45, 7) is 3.37. The summed E-state index contributed by atoms with van der Waals surface area (Å²) < 4.78 is 15.8. The maximum absolute atomic E-state index is 12.3. The highest BCUT2D eigenvalue weighted by atomic mass is 35.5. The Morgan fingerprint density at radius 2 is 1.90 bits per heavy atom. The fourth-order valence-corrected chi connectivity index (χ4v) is 3.07. The number of fused-ring (bicyclic) bond motifs is 1. The van der Waals surface area contributed by atoms with E-state index in [4.69, 9.17) is 37.1 Å². The molecule has 1 aromatic heterocycles.